The zero-order chi connectivity index (χ0) is 25.7. The fourth-order valence-corrected chi connectivity index (χ4v) is 5.92. The van der Waals surface area contributed by atoms with Crippen molar-refractivity contribution in [2.45, 2.75) is 43.7 Å². The van der Waals surface area contributed by atoms with Gasteiger partial charge < -0.3 is 10.6 Å². The third-order valence-electron chi connectivity index (χ3n) is 6.19. The smallest absolute Gasteiger partial charge is 0.243 e. The molecular formula is C27H28FN3O4S. The molecule has 0 saturated carbocycles. The summed E-state index contributed by atoms with van der Waals surface area (Å²) in [7, 11) is -3.93. The minimum absolute atomic E-state index is 0.0732. The van der Waals surface area contributed by atoms with Crippen molar-refractivity contribution in [3.8, 4) is 0 Å². The summed E-state index contributed by atoms with van der Waals surface area (Å²) in [5.74, 6) is -0.887. The van der Waals surface area contributed by atoms with E-state index in [1.54, 1.807) is 31.2 Å². The second-order valence-electron chi connectivity index (χ2n) is 8.62. The van der Waals surface area contributed by atoms with Crippen molar-refractivity contribution in [3.05, 3.63) is 95.3 Å². The first-order chi connectivity index (χ1) is 17.3. The minimum Gasteiger partial charge on any atom is -0.352 e. The summed E-state index contributed by atoms with van der Waals surface area (Å²) in [6.45, 7) is 2.11. The second kappa shape index (κ2) is 11.0. The van der Waals surface area contributed by atoms with Crippen LogP contribution in [-0.4, -0.2) is 31.1 Å². The zero-order valence-corrected chi connectivity index (χ0v) is 20.7. The Hall–Kier alpha value is -3.56. The highest BCUT2D eigenvalue weighted by Gasteiger charge is 2.37. The molecule has 1 aliphatic rings. The lowest BCUT2D eigenvalue weighted by molar-refractivity contribution is -0.122. The Morgan fingerprint density at radius 1 is 1.00 bits per heavy atom. The molecular weight excluding hydrogens is 481 g/mol. The van der Waals surface area contributed by atoms with Crippen LogP contribution in [0.2, 0.25) is 0 Å². The SMILES string of the molecule is CCC(=O)Nc1ccc(S(=O)(=O)N2CCc3ccccc3[C@H]2CC(=O)NCc2cccc(F)c2)cc1. The molecule has 0 fully saturated rings. The van der Waals surface area contributed by atoms with Gasteiger partial charge in [-0.05, 0) is 59.5 Å². The quantitative estimate of drug-likeness (QED) is 0.477. The van der Waals surface area contributed by atoms with Crippen molar-refractivity contribution in [2.24, 2.45) is 0 Å². The minimum atomic E-state index is -3.93. The molecule has 0 unspecified atom stereocenters. The van der Waals surface area contributed by atoms with E-state index >= 15 is 0 Å². The van der Waals surface area contributed by atoms with Crippen LogP contribution in [0, 0.1) is 5.82 Å². The Labute approximate surface area is 210 Å². The first-order valence-corrected chi connectivity index (χ1v) is 13.2. The molecule has 2 amide bonds. The van der Waals surface area contributed by atoms with Crippen molar-refractivity contribution in [1.82, 2.24) is 9.62 Å². The van der Waals surface area contributed by atoms with Gasteiger partial charge in [0.1, 0.15) is 5.82 Å². The van der Waals surface area contributed by atoms with Gasteiger partial charge in [-0.15, -0.1) is 0 Å². The molecule has 36 heavy (non-hydrogen) atoms. The molecule has 1 atom stereocenters. The number of nitrogens with zero attached hydrogens (tertiary/aromatic N) is 1. The fourth-order valence-electron chi connectivity index (χ4n) is 4.32. The number of sulfonamides is 1. The van der Waals surface area contributed by atoms with Crippen molar-refractivity contribution in [3.63, 3.8) is 0 Å². The van der Waals surface area contributed by atoms with E-state index in [1.165, 1.54) is 28.6 Å². The van der Waals surface area contributed by atoms with Crippen LogP contribution in [0.1, 0.15) is 42.5 Å². The lowest BCUT2D eigenvalue weighted by Crippen LogP contribution is -2.42. The number of amides is 2. The third kappa shape index (κ3) is 5.80. The molecule has 0 radical (unpaired) electrons. The molecule has 0 bridgehead atoms. The van der Waals surface area contributed by atoms with Gasteiger partial charge in [0.05, 0.1) is 10.9 Å². The predicted molar refractivity (Wildman–Crippen MR) is 135 cm³/mol. The average Bonchev–Trinajstić information content (AvgIpc) is 2.88. The van der Waals surface area contributed by atoms with Crippen LogP contribution in [0.5, 0.6) is 0 Å². The molecule has 0 aromatic heterocycles. The molecule has 3 aromatic rings. The number of nitrogens with one attached hydrogen (secondary N) is 2. The number of hydrogen-bond donors (Lipinski definition) is 2. The number of anilines is 1. The van der Waals surface area contributed by atoms with Crippen molar-refractivity contribution in [1.29, 1.82) is 0 Å². The third-order valence-corrected chi connectivity index (χ3v) is 8.11. The van der Waals surface area contributed by atoms with Gasteiger partial charge in [0.15, 0.2) is 0 Å². The van der Waals surface area contributed by atoms with E-state index in [-0.39, 0.29) is 42.0 Å². The molecule has 4 rings (SSSR count). The van der Waals surface area contributed by atoms with Gasteiger partial charge in [0.2, 0.25) is 21.8 Å². The summed E-state index contributed by atoms with van der Waals surface area (Å²) in [6, 6.07) is 18.8. The Bertz CT molecular complexity index is 1360. The molecule has 188 valence electrons. The number of benzene rings is 3. The molecule has 1 aliphatic heterocycles. The maximum Gasteiger partial charge on any atom is 0.243 e. The molecule has 1 heterocycles. The lowest BCUT2D eigenvalue weighted by Gasteiger charge is -2.36. The molecule has 0 spiro atoms. The molecule has 2 N–H and O–H groups in total. The fraction of sp³-hybridized carbons (Fsp3) is 0.259. The van der Waals surface area contributed by atoms with Gasteiger partial charge >= 0.3 is 0 Å². The van der Waals surface area contributed by atoms with E-state index in [0.717, 1.165) is 11.1 Å². The van der Waals surface area contributed by atoms with Gasteiger partial charge in [-0.2, -0.15) is 4.31 Å². The van der Waals surface area contributed by atoms with Gasteiger partial charge in [0.25, 0.3) is 0 Å². The van der Waals surface area contributed by atoms with Crippen LogP contribution < -0.4 is 10.6 Å². The largest absolute Gasteiger partial charge is 0.352 e. The number of halogens is 1. The Kier molecular flexibility index (Phi) is 7.81. The lowest BCUT2D eigenvalue weighted by atomic mass is 9.92. The van der Waals surface area contributed by atoms with Crippen molar-refractivity contribution < 1.29 is 22.4 Å². The molecule has 7 nitrogen and oxygen atoms in total. The number of hydrogen-bond acceptors (Lipinski definition) is 4. The van der Waals surface area contributed by atoms with Gasteiger partial charge in [0, 0.05) is 31.6 Å². The summed E-state index contributed by atoms with van der Waals surface area (Å²) in [5, 5.41) is 5.48. The normalized spacial score (nSPS) is 15.7. The van der Waals surface area contributed by atoms with E-state index < -0.39 is 16.1 Å². The summed E-state index contributed by atoms with van der Waals surface area (Å²) in [4.78, 5) is 24.6. The van der Waals surface area contributed by atoms with Gasteiger partial charge in [-0.3, -0.25) is 9.59 Å². The summed E-state index contributed by atoms with van der Waals surface area (Å²) in [6.07, 6.45) is 0.772. The highest BCUT2D eigenvalue weighted by Crippen LogP contribution is 2.36. The summed E-state index contributed by atoms with van der Waals surface area (Å²) < 4.78 is 42.2. The van der Waals surface area contributed by atoms with Gasteiger partial charge in [-0.1, -0.05) is 43.3 Å². The van der Waals surface area contributed by atoms with E-state index in [9.17, 15) is 22.4 Å². The maximum atomic E-state index is 13.7. The van der Waals surface area contributed by atoms with Gasteiger partial charge in [-0.25, -0.2) is 12.8 Å². The molecule has 0 aliphatic carbocycles. The molecule has 9 heteroatoms. The molecule has 3 aromatic carbocycles. The van der Waals surface area contributed by atoms with E-state index in [4.69, 9.17) is 0 Å². The highest BCUT2D eigenvalue weighted by atomic mass is 32.2. The second-order valence-corrected chi connectivity index (χ2v) is 10.5. The van der Waals surface area contributed by atoms with E-state index in [1.807, 2.05) is 24.3 Å². The number of rotatable bonds is 8. The van der Waals surface area contributed by atoms with Crippen molar-refractivity contribution in [2.75, 3.05) is 11.9 Å². The monoisotopic (exact) mass is 509 g/mol. The number of fused-ring (bicyclic) bond motifs is 1. The van der Waals surface area contributed by atoms with Crippen LogP contribution in [0.4, 0.5) is 10.1 Å². The predicted octanol–water partition coefficient (Wildman–Crippen LogP) is 4.17. The summed E-state index contributed by atoms with van der Waals surface area (Å²) >= 11 is 0. The standard InChI is InChI=1S/C27H28FN3O4S/c1-2-26(32)30-22-10-12-23(13-11-22)36(34,35)31-15-14-20-7-3-4-9-24(20)25(31)17-27(33)29-18-19-6-5-8-21(28)16-19/h3-13,16,25H,2,14-15,17-18H2,1H3,(H,29,33)(H,30,32)/t25-/m1/s1. The van der Waals surface area contributed by atoms with E-state index in [0.29, 0.717) is 24.1 Å². The topological polar surface area (TPSA) is 95.6 Å². The Balaban J connectivity index is 1.56. The zero-order valence-electron chi connectivity index (χ0n) is 19.9. The van der Waals surface area contributed by atoms with E-state index in [2.05, 4.69) is 10.6 Å². The highest BCUT2D eigenvalue weighted by molar-refractivity contribution is 7.89. The molecule has 0 saturated heterocycles. The average molecular weight is 510 g/mol. The maximum absolute atomic E-state index is 13.7. The first kappa shape index (κ1) is 25.5. The number of carbonyl (C=O) groups excluding carboxylic acids is 2. The first-order valence-electron chi connectivity index (χ1n) is 11.8. The van der Waals surface area contributed by atoms with Crippen LogP contribution >= 0.6 is 0 Å². The van der Waals surface area contributed by atoms with Crippen LogP contribution in [-0.2, 0) is 32.6 Å². The van der Waals surface area contributed by atoms with Crippen LogP contribution in [0.25, 0.3) is 0 Å². The number of carbonyl (C=O) groups is 2. The van der Waals surface area contributed by atoms with Crippen molar-refractivity contribution >= 4 is 27.5 Å². The van der Waals surface area contributed by atoms with Crippen LogP contribution in [0.3, 0.4) is 0 Å². The Morgan fingerprint density at radius 3 is 2.47 bits per heavy atom. The summed E-state index contributed by atoms with van der Waals surface area (Å²) in [5.41, 5.74) is 2.93. The Morgan fingerprint density at radius 2 is 1.75 bits per heavy atom. The van der Waals surface area contributed by atoms with Crippen LogP contribution in [0.15, 0.2) is 77.7 Å².